The second-order valence-electron chi connectivity index (χ2n) is 6.04. The predicted octanol–water partition coefficient (Wildman–Crippen LogP) is 3.44. The highest BCUT2D eigenvalue weighted by molar-refractivity contribution is 7.08. The molecule has 4 rings (SSSR count). The van der Waals surface area contributed by atoms with E-state index in [9.17, 15) is 9.59 Å². The molecule has 0 saturated heterocycles. The lowest BCUT2D eigenvalue weighted by atomic mass is 10.1. The monoisotopic (exact) mass is 427 g/mol. The Hall–Kier alpha value is -3.17. The fraction of sp³-hybridized carbons (Fsp3) is 0.158. The minimum Gasteiger partial charge on any atom is -0.462 e. The number of hydrogen-bond donors (Lipinski definition) is 0. The van der Waals surface area contributed by atoms with Crippen LogP contribution in [0.15, 0.2) is 41.5 Å². The number of ether oxygens (including phenoxy) is 1. The summed E-state index contributed by atoms with van der Waals surface area (Å²) in [7, 11) is 0. The summed E-state index contributed by atoms with van der Waals surface area (Å²) in [5.41, 5.74) is 0.913. The van der Waals surface area contributed by atoms with E-state index in [1.54, 1.807) is 38.2 Å². The Bertz CT molecular complexity index is 1290. The van der Waals surface area contributed by atoms with Gasteiger partial charge in [-0.05, 0) is 37.6 Å². The van der Waals surface area contributed by atoms with Gasteiger partial charge in [0.25, 0.3) is 0 Å². The first-order chi connectivity index (χ1) is 14.0. The fourth-order valence-electron chi connectivity index (χ4n) is 2.87. The molecule has 0 aliphatic rings. The van der Waals surface area contributed by atoms with Crippen LogP contribution < -0.4 is 5.43 Å². The highest BCUT2D eigenvalue weighted by Crippen LogP contribution is 2.24. The number of halogens is 1. The van der Waals surface area contributed by atoms with Crippen molar-refractivity contribution < 1.29 is 9.53 Å². The molecule has 0 unspecified atom stereocenters. The Labute approximate surface area is 174 Å². The van der Waals surface area contributed by atoms with E-state index in [0.29, 0.717) is 22.2 Å². The van der Waals surface area contributed by atoms with Gasteiger partial charge in [0, 0.05) is 23.9 Å². The molecule has 0 bridgehead atoms. The Morgan fingerprint density at radius 1 is 1.31 bits per heavy atom. The zero-order chi connectivity index (χ0) is 20.5. The summed E-state index contributed by atoms with van der Waals surface area (Å²) < 4.78 is 10.9. The number of pyridine rings is 3. The van der Waals surface area contributed by atoms with Crippen LogP contribution in [0.3, 0.4) is 0 Å². The molecule has 8 nitrogen and oxygen atoms in total. The second kappa shape index (κ2) is 7.69. The van der Waals surface area contributed by atoms with Gasteiger partial charge in [0.2, 0.25) is 10.6 Å². The minimum absolute atomic E-state index is 0.110. The molecule has 4 aromatic rings. The van der Waals surface area contributed by atoms with Crippen molar-refractivity contribution in [2.24, 2.45) is 0 Å². The topological polar surface area (TPSA) is 99.9 Å². The Morgan fingerprint density at radius 2 is 2.14 bits per heavy atom. The number of aromatic nitrogens is 5. The van der Waals surface area contributed by atoms with E-state index in [4.69, 9.17) is 16.3 Å². The van der Waals surface area contributed by atoms with Gasteiger partial charge >= 0.3 is 5.97 Å². The number of hydrogen-bond acceptors (Lipinski definition) is 8. The standard InChI is InChI=1S/C19H14ClN5O3S/c1-3-28-18(27)11-9-25(17-14(15(11)26)10(2)8-13(20)22-17)19-23-16(24-29-19)12-6-4-5-7-21-12/h4-9H,3H2,1-2H3. The maximum atomic E-state index is 12.9. The zero-order valence-electron chi connectivity index (χ0n) is 15.4. The molecule has 0 atom stereocenters. The third-order valence-corrected chi connectivity index (χ3v) is 5.04. The first-order valence-corrected chi connectivity index (χ1v) is 9.80. The number of esters is 1. The van der Waals surface area contributed by atoms with Crippen molar-refractivity contribution in [3.05, 3.63) is 63.2 Å². The molecule has 0 aliphatic carbocycles. The van der Waals surface area contributed by atoms with Gasteiger partial charge in [0.1, 0.15) is 16.4 Å². The number of aryl methyl sites for hydroxylation is 1. The van der Waals surface area contributed by atoms with E-state index in [0.717, 1.165) is 11.5 Å². The SMILES string of the molecule is CCOC(=O)c1cn(-c2nc(-c3ccccn3)ns2)c2nc(Cl)cc(C)c2c1=O. The summed E-state index contributed by atoms with van der Waals surface area (Å²) in [6.45, 7) is 3.56. The smallest absolute Gasteiger partial charge is 0.343 e. The van der Waals surface area contributed by atoms with E-state index in [-0.39, 0.29) is 28.4 Å². The summed E-state index contributed by atoms with van der Waals surface area (Å²) in [6.07, 6.45) is 3.02. The van der Waals surface area contributed by atoms with Crippen molar-refractivity contribution in [3.8, 4) is 16.6 Å². The number of fused-ring (bicyclic) bond motifs is 1. The Kier molecular flexibility index (Phi) is 5.08. The Morgan fingerprint density at radius 3 is 2.86 bits per heavy atom. The van der Waals surface area contributed by atoms with Crippen LogP contribution in [0.5, 0.6) is 0 Å². The molecular formula is C19H14ClN5O3S. The van der Waals surface area contributed by atoms with Crippen LogP contribution in [0, 0.1) is 6.92 Å². The van der Waals surface area contributed by atoms with Crippen molar-refractivity contribution in [3.63, 3.8) is 0 Å². The number of carbonyl (C=O) groups excluding carboxylic acids is 1. The molecule has 0 aromatic carbocycles. The normalized spacial score (nSPS) is 11.0. The number of nitrogens with zero attached hydrogens (tertiary/aromatic N) is 5. The molecule has 10 heteroatoms. The molecule has 0 amide bonds. The molecule has 0 fully saturated rings. The van der Waals surface area contributed by atoms with Crippen LogP contribution in [0.25, 0.3) is 27.7 Å². The lowest BCUT2D eigenvalue weighted by Crippen LogP contribution is -2.21. The van der Waals surface area contributed by atoms with Crippen molar-refractivity contribution in [2.45, 2.75) is 13.8 Å². The van der Waals surface area contributed by atoms with E-state index in [1.165, 1.54) is 10.8 Å². The fourth-order valence-corrected chi connectivity index (χ4v) is 3.77. The van der Waals surface area contributed by atoms with Crippen LogP contribution >= 0.6 is 23.1 Å². The summed E-state index contributed by atoms with van der Waals surface area (Å²) in [4.78, 5) is 38.4. The molecule has 0 spiro atoms. The van der Waals surface area contributed by atoms with Crippen LogP contribution in [0.1, 0.15) is 22.8 Å². The van der Waals surface area contributed by atoms with Gasteiger partial charge < -0.3 is 4.74 Å². The first-order valence-electron chi connectivity index (χ1n) is 8.64. The largest absolute Gasteiger partial charge is 0.462 e. The van der Waals surface area contributed by atoms with Gasteiger partial charge in [0.05, 0.1) is 12.0 Å². The number of rotatable bonds is 4. The van der Waals surface area contributed by atoms with E-state index in [1.807, 2.05) is 6.07 Å². The van der Waals surface area contributed by atoms with Crippen LogP contribution in [0.4, 0.5) is 0 Å². The summed E-state index contributed by atoms with van der Waals surface area (Å²) in [5.74, 6) is -0.286. The van der Waals surface area contributed by atoms with Gasteiger partial charge in [-0.25, -0.2) is 9.78 Å². The minimum atomic E-state index is -0.711. The predicted molar refractivity (Wildman–Crippen MR) is 110 cm³/mol. The maximum Gasteiger partial charge on any atom is 0.343 e. The molecule has 0 saturated carbocycles. The maximum absolute atomic E-state index is 12.9. The van der Waals surface area contributed by atoms with Gasteiger partial charge in [-0.15, -0.1) is 0 Å². The molecule has 29 heavy (non-hydrogen) atoms. The van der Waals surface area contributed by atoms with Crippen molar-refractivity contribution in [1.82, 2.24) is 23.9 Å². The molecule has 0 N–H and O–H groups in total. The third-order valence-electron chi connectivity index (χ3n) is 4.14. The lowest BCUT2D eigenvalue weighted by molar-refractivity contribution is 0.0524. The van der Waals surface area contributed by atoms with E-state index in [2.05, 4.69) is 19.3 Å². The molecule has 0 aliphatic heterocycles. The van der Waals surface area contributed by atoms with Crippen molar-refractivity contribution in [1.29, 1.82) is 0 Å². The van der Waals surface area contributed by atoms with Gasteiger partial charge in [-0.3, -0.25) is 14.3 Å². The number of carbonyl (C=O) groups is 1. The molecule has 146 valence electrons. The molecule has 4 aromatic heterocycles. The van der Waals surface area contributed by atoms with Crippen LogP contribution in [0.2, 0.25) is 5.15 Å². The Balaban J connectivity index is 1.99. The lowest BCUT2D eigenvalue weighted by Gasteiger charge is -2.11. The van der Waals surface area contributed by atoms with Gasteiger partial charge in [-0.1, -0.05) is 17.7 Å². The zero-order valence-corrected chi connectivity index (χ0v) is 17.0. The second-order valence-corrected chi connectivity index (χ2v) is 7.16. The first kappa shape index (κ1) is 19.2. The van der Waals surface area contributed by atoms with Crippen LogP contribution in [-0.4, -0.2) is 36.5 Å². The van der Waals surface area contributed by atoms with Gasteiger partial charge in [0.15, 0.2) is 11.5 Å². The highest BCUT2D eigenvalue weighted by atomic mass is 35.5. The van der Waals surface area contributed by atoms with Crippen molar-refractivity contribution in [2.75, 3.05) is 6.61 Å². The quantitative estimate of drug-likeness (QED) is 0.363. The third kappa shape index (κ3) is 3.50. The average molecular weight is 428 g/mol. The molecule has 4 heterocycles. The van der Waals surface area contributed by atoms with E-state index >= 15 is 0 Å². The van der Waals surface area contributed by atoms with Gasteiger partial charge in [-0.2, -0.15) is 9.36 Å². The summed E-state index contributed by atoms with van der Waals surface area (Å²) >= 11 is 7.22. The summed E-state index contributed by atoms with van der Waals surface area (Å²) in [6, 6.07) is 7.00. The highest BCUT2D eigenvalue weighted by Gasteiger charge is 2.21. The van der Waals surface area contributed by atoms with Crippen molar-refractivity contribution >= 4 is 40.1 Å². The van der Waals surface area contributed by atoms with E-state index < -0.39 is 11.4 Å². The summed E-state index contributed by atoms with van der Waals surface area (Å²) in [5, 5.41) is 0.909. The average Bonchev–Trinajstić information content (AvgIpc) is 3.18. The molecule has 0 radical (unpaired) electrons. The molecular weight excluding hydrogens is 414 g/mol. The van der Waals surface area contributed by atoms with Crippen LogP contribution in [-0.2, 0) is 4.74 Å².